The fourth-order valence-electron chi connectivity index (χ4n) is 5.62. The number of aromatic hydroxyl groups is 1. The van der Waals surface area contributed by atoms with Gasteiger partial charge in [0.05, 0.1) is 48.2 Å². The second-order valence-corrected chi connectivity index (χ2v) is 12.3. The first-order valence-corrected chi connectivity index (χ1v) is 16.1. The predicted molar refractivity (Wildman–Crippen MR) is 187 cm³/mol. The lowest BCUT2D eigenvalue weighted by atomic mass is 9.95. The standard InChI is InChI=1S/C36H30ClN3O8S/c1-19-31(35(44)47-4)32(22-16-24(37)33(42)28(17-22)46-3)40-34(43)29(49-36(40)38-19)15-20-12-13-26(27(14-20)45-2)48-18-30(41)39-25-11-7-9-21-8-5-6-10-23(21)25/h5-17,32,42H,18H2,1-4H3,(H,39,41). The van der Waals surface area contributed by atoms with Gasteiger partial charge in [0.25, 0.3) is 11.5 Å². The molecule has 11 nitrogen and oxygen atoms in total. The minimum Gasteiger partial charge on any atom is -0.503 e. The molecule has 0 radical (unpaired) electrons. The van der Waals surface area contributed by atoms with Crippen molar-refractivity contribution in [2.24, 2.45) is 4.99 Å². The molecule has 4 aromatic carbocycles. The van der Waals surface area contributed by atoms with Gasteiger partial charge in [-0.25, -0.2) is 9.79 Å². The number of amides is 1. The number of aromatic nitrogens is 1. The van der Waals surface area contributed by atoms with Gasteiger partial charge < -0.3 is 29.4 Å². The number of benzene rings is 4. The molecule has 6 rings (SSSR count). The number of carbonyl (C=O) groups excluding carboxylic acids is 2. The Balaban J connectivity index is 1.31. The zero-order valence-corrected chi connectivity index (χ0v) is 28.3. The Labute approximate surface area is 288 Å². The van der Waals surface area contributed by atoms with Crippen LogP contribution in [-0.2, 0) is 14.3 Å². The normalized spacial score (nSPS) is 14.2. The minimum absolute atomic E-state index is 0.0178. The Hall–Kier alpha value is -5.59. The first-order valence-electron chi connectivity index (χ1n) is 14.9. The van der Waals surface area contributed by atoms with E-state index in [0.717, 1.165) is 22.1 Å². The van der Waals surface area contributed by atoms with E-state index in [-0.39, 0.29) is 34.6 Å². The highest BCUT2D eigenvalue weighted by atomic mass is 35.5. The monoisotopic (exact) mass is 699 g/mol. The van der Waals surface area contributed by atoms with Gasteiger partial charge in [-0.1, -0.05) is 65.4 Å². The van der Waals surface area contributed by atoms with Crippen molar-refractivity contribution in [3.8, 4) is 23.0 Å². The lowest BCUT2D eigenvalue weighted by molar-refractivity contribution is -0.136. The summed E-state index contributed by atoms with van der Waals surface area (Å²) in [6, 6.07) is 20.5. The summed E-state index contributed by atoms with van der Waals surface area (Å²) in [6.07, 6.45) is 1.67. The molecule has 250 valence electrons. The van der Waals surface area contributed by atoms with E-state index < -0.39 is 17.6 Å². The van der Waals surface area contributed by atoms with Crippen molar-refractivity contribution in [3.05, 3.63) is 120 Å². The molecule has 1 aliphatic heterocycles. The number of nitrogens with zero attached hydrogens (tertiary/aromatic N) is 2. The van der Waals surface area contributed by atoms with Gasteiger partial charge in [-0.05, 0) is 59.8 Å². The number of carbonyl (C=O) groups is 2. The molecule has 0 fully saturated rings. The van der Waals surface area contributed by atoms with Crippen molar-refractivity contribution < 1.29 is 33.6 Å². The molecule has 0 bridgehead atoms. The molecule has 0 saturated carbocycles. The third-order valence-electron chi connectivity index (χ3n) is 7.92. The van der Waals surface area contributed by atoms with E-state index in [9.17, 15) is 19.5 Å². The lowest BCUT2D eigenvalue weighted by Gasteiger charge is -2.25. The summed E-state index contributed by atoms with van der Waals surface area (Å²) < 4.78 is 23.4. The molecule has 1 atom stereocenters. The Kier molecular flexibility index (Phi) is 9.43. The highest BCUT2D eigenvalue weighted by Gasteiger charge is 2.34. The second-order valence-electron chi connectivity index (χ2n) is 10.9. The number of phenols is 1. The lowest BCUT2D eigenvalue weighted by Crippen LogP contribution is -2.39. The van der Waals surface area contributed by atoms with Gasteiger partial charge in [0, 0.05) is 11.1 Å². The first-order chi connectivity index (χ1) is 23.6. The van der Waals surface area contributed by atoms with Crippen molar-refractivity contribution >= 4 is 57.4 Å². The number of rotatable bonds is 9. The number of esters is 1. The Morgan fingerprint density at radius 1 is 1.00 bits per heavy atom. The maximum absolute atomic E-state index is 14.0. The molecular formula is C36H30ClN3O8S. The summed E-state index contributed by atoms with van der Waals surface area (Å²) in [4.78, 5) is 44.7. The molecule has 0 saturated heterocycles. The number of methoxy groups -OCH3 is 3. The first kappa shape index (κ1) is 33.3. The SMILES string of the molecule is COC(=O)C1=C(C)N=c2sc(=Cc3ccc(OCC(=O)Nc4cccc5ccccc45)c(OC)c3)c(=O)n2C1c1cc(Cl)c(O)c(OC)c1. The molecule has 2 N–H and O–H groups in total. The van der Waals surface area contributed by atoms with Crippen LogP contribution in [0, 0.1) is 0 Å². The molecular weight excluding hydrogens is 670 g/mol. The fourth-order valence-corrected chi connectivity index (χ4v) is 6.89. The number of anilines is 1. The number of hydrogen-bond donors (Lipinski definition) is 2. The Morgan fingerprint density at radius 2 is 1.76 bits per heavy atom. The predicted octanol–water partition coefficient (Wildman–Crippen LogP) is 4.96. The van der Waals surface area contributed by atoms with Crippen LogP contribution in [0.25, 0.3) is 16.8 Å². The molecule has 1 aromatic heterocycles. The molecule has 1 unspecified atom stereocenters. The van der Waals surface area contributed by atoms with Crippen LogP contribution in [0.15, 0.2) is 93.9 Å². The van der Waals surface area contributed by atoms with Crippen LogP contribution < -0.4 is 34.4 Å². The van der Waals surface area contributed by atoms with Crippen LogP contribution in [0.2, 0.25) is 5.02 Å². The zero-order chi connectivity index (χ0) is 34.8. The van der Waals surface area contributed by atoms with Crippen molar-refractivity contribution in [1.82, 2.24) is 4.57 Å². The van der Waals surface area contributed by atoms with Crippen molar-refractivity contribution in [2.45, 2.75) is 13.0 Å². The van der Waals surface area contributed by atoms with Crippen LogP contribution in [0.1, 0.15) is 24.1 Å². The van der Waals surface area contributed by atoms with Crippen LogP contribution >= 0.6 is 22.9 Å². The van der Waals surface area contributed by atoms with E-state index in [2.05, 4.69) is 10.3 Å². The second kappa shape index (κ2) is 13.9. The molecule has 13 heteroatoms. The van der Waals surface area contributed by atoms with Gasteiger partial charge in [0.1, 0.15) is 0 Å². The van der Waals surface area contributed by atoms with E-state index in [4.69, 9.17) is 30.5 Å². The minimum atomic E-state index is -0.969. The molecule has 0 aliphatic carbocycles. The Morgan fingerprint density at radius 3 is 2.51 bits per heavy atom. The van der Waals surface area contributed by atoms with Crippen molar-refractivity contribution in [1.29, 1.82) is 0 Å². The smallest absolute Gasteiger partial charge is 0.338 e. The quantitative estimate of drug-likeness (QED) is 0.206. The maximum atomic E-state index is 14.0. The molecule has 2 heterocycles. The van der Waals surface area contributed by atoms with Crippen LogP contribution in [0.4, 0.5) is 5.69 Å². The van der Waals surface area contributed by atoms with Gasteiger partial charge in [-0.15, -0.1) is 0 Å². The number of halogens is 1. The average molecular weight is 700 g/mol. The van der Waals surface area contributed by atoms with E-state index in [1.807, 2.05) is 42.5 Å². The number of ether oxygens (including phenoxy) is 4. The van der Waals surface area contributed by atoms with E-state index in [1.54, 1.807) is 31.2 Å². The van der Waals surface area contributed by atoms with Gasteiger partial charge in [0.15, 0.2) is 34.4 Å². The van der Waals surface area contributed by atoms with E-state index >= 15 is 0 Å². The highest BCUT2D eigenvalue weighted by molar-refractivity contribution is 7.07. The molecule has 0 spiro atoms. The largest absolute Gasteiger partial charge is 0.503 e. The third-order valence-corrected chi connectivity index (χ3v) is 9.19. The van der Waals surface area contributed by atoms with Gasteiger partial charge in [0.2, 0.25) is 0 Å². The Bertz CT molecular complexity index is 2340. The summed E-state index contributed by atoms with van der Waals surface area (Å²) >= 11 is 7.45. The molecule has 5 aromatic rings. The van der Waals surface area contributed by atoms with Crippen molar-refractivity contribution in [3.63, 3.8) is 0 Å². The van der Waals surface area contributed by atoms with Gasteiger partial charge in [-0.3, -0.25) is 14.2 Å². The van der Waals surface area contributed by atoms with E-state index in [1.165, 1.54) is 38.0 Å². The number of allylic oxidation sites excluding steroid dienone is 1. The highest BCUT2D eigenvalue weighted by Crippen LogP contribution is 2.40. The van der Waals surface area contributed by atoms with Gasteiger partial charge >= 0.3 is 5.97 Å². The van der Waals surface area contributed by atoms with Crippen LogP contribution in [-0.4, -0.2) is 49.5 Å². The summed E-state index contributed by atoms with van der Waals surface area (Å²) in [5, 5.41) is 15.1. The third kappa shape index (κ3) is 6.48. The van der Waals surface area contributed by atoms with Crippen LogP contribution in [0.3, 0.4) is 0 Å². The van der Waals surface area contributed by atoms with Crippen LogP contribution in [0.5, 0.6) is 23.0 Å². The zero-order valence-electron chi connectivity index (χ0n) is 26.8. The molecule has 1 aliphatic rings. The molecule has 1 amide bonds. The number of hydrogen-bond acceptors (Lipinski definition) is 10. The van der Waals surface area contributed by atoms with Gasteiger partial charge in [-0.2, -0.15) is 0 Å². The van der Waals surface area contributed by atoms with Crippen molar-refractivity contribution in [2.75, 3.05) is 33.3 Å². The number of thiazole rings is 1. The number of phenolic OH excluding ortho intramolecular Hbond substituents is 1. The summed E-state index contributed by atoms with van der Waals surface area (Å²) in [6.45, 7) is 1.40. The molecule has 49 heavy (non-hydrogen) atoms. The number of nitrogens with one attached hydrogen (secondary N) is 1. The van der Waals surface area contributed by atoms with E-state index in [0.29, 0.717) is 43.3 Å². The number of fused-ring (bicyclic) bond motifs is 2. The average Bonchev–Trinajstić information content (AvgIpc) is 3.41. The fraction of sp³-hybridized carbons (Fsp3) is 0.167. The summed E-state index contributed by atoms with van der Waals surface area (Å²) in [7, 11) is 4.09. The topological polar surface area (TPSA) is 138 Å². The maximum Gasteiger partial charge on any atom is 0.338 e. The summed E-state index contributed by atoms with van der Waals surface area (Å²) in [5.41, 5.74) is 1.78. The summed E-state index contributed by atoms with van der Waals surface area (Å²) in [5.74, 6) is -0.517.